The highest BCUT2D eigenvalue weighted by atomic mass is 32.1. The normalized spacial score (nSPS) is 22.9. The molecule has 0 amide bonds. The first kappa shape index (κ1) is 14.5. The summed E-state index contributed by atoms with van der Waals surface area (Å²) in [6.07, 6.45) is 11.0. The van der Waals surface area contributed by atoms with Crippen LogP contribution in [0.1, 0.15) is 56.2 Å². The number of benzene rings is 1. The maximum atomic E-state index is 6.21. The molecular formula is C19H26N2S. The maximum Gasteiger partial charge on any atom is 0.0554 e. The predicted octanol–water partition coefficient (Wildman–Crippen LogP) is 5.13. The zero-order valence-electron chi connectivity index (χ0n) is 13.3. The Morgan fingerprint density at radius 2 is 1.68 bits per heavy atom. The standard InChI is InChI=1S/C19H26N2S/c20-16-8-7-9-17-15(16)14-18(22-17)19(10-3-1-4-11-19)21-12-5-2-6-13-21/h7-9,14H,1-6,10-13,20H2. The number of nitrogen functional groups attached to an aromatic ring is 1. The van der Waals surface area contributed by atoms with Crippen molar-refractivity contribution in [1.82, 2.24) is 4.90 Å². The van der Waals surface area contributed by atoms with Gasteiger partial charge in [-0.05, 0) is 57.0 Å². The third-order valence-electron chi connectivity index (χ3n) is 5.70. The summed E-state index contributed by atoms with van der Waals surface area (Å²) in [6.45, 7) is 2.56. The van der Waals surface area contributed by atoms with Gasteiger partial charge >= 0.3 is 0 Å². The van der Waals surface area contributed by atoms with E-state index in [1.54, 1.807) is 4.88 Å². The van der Waals surface area contributed by atoms with Crippen LogP contribution in [-0.2, 0) is 5.54 Å². The first-order chi connectivity index (χ1) is 10.8. The molecule has 1 aliphatic carbocycles. The fourth-order valence-corrected chi connectivity index (χ4v) is 5.86. The van der Waals surface area contributed by atoms with Gasteiger partial charge in [0.15, 0.2) is 0 Å². The summed E-state index contributed by atoms with van der Waals surface area (Å²) in [7, 11) is 0. The molecule has 1 saturated carbocycles. The summed E-state index contributed by atoms with van der Waals surface area (Å²) in [6, 6.07) is 8.77. The molecule has 3 heteroatoms. The molecule has 2 heterocycles. The summed E-state index contributed by atoms with van der Waals surface area (Å²) in [4.78, 5) is 4.39. The van der Waals surface area contributed by atoms with Crippen molar-refractivity contribution in [2.45, 2.75) is 56.9 Å². The summed E-state index contributed by atoms with van der Waals surface area (Å²) in [5, 5.41) is 1.27. The fourth-order valence-electron chi connectivity index (χ4n) is 4.49. The van der Waals surface area contributed by atoms with Crippen molar-refractivity contribution >= 4 is 27.1 Å². The molecule has 4 rings (SSSR count). The Balaban J connectivity index is 1.79. The van der Waals surface area contributed by atoms with Crippen molar-refractivity contribution in [1.29, 1.82) is 0 Å². The van der Waals surface area contributed by atoms with Crippen molar-refractivity contribution in [3.8, 4) is 0 Å². The van der Waals surface area contributed by atoms with E-state index in [0.29, 0.717) is 5.54 Å². The molecule has 1 aromatic carbocycles. The second-order valence-corrected chi connectivity index (χ2v) is 8.09. The Labute approximate surface area is 137 Å². The number of nitrogens with zero attached hydrogens (tertiary/aromatic N) is 1. The lowest BCUT2D eigenvalue weighted by molar-refractivity contribution is 0.0333. The minimum atomic E-state index is 0.300. The average Bonchev–Trinajstić information content (AvgIpc) is 3.03. The second-order valence-electron chi connectivity index (χ2n) is 7.01. The Kier molecular flexibility index (Phi) is 3.87. The van der Waals surface area contributed by atoms with Gasteiger partial charge in [0.05, 0.1) is 5.54 Å². The van der Waals surface area contributed by atoms with Crippen molar-refractivity contribution in [3.05, 3.63) is 29.1 Å². The number of nitrogens with two attached hydrogens (primary N) is 1. The van der Waals surface area contributed by atoms with E-state index in [2.05, 4.69) is 23.1 Å². The third kappa shape index (κ3) is 2.35. The molecule has 118 valence electrons. The first-order valence-electron chi connectivity index (χ1n) is 8.83. The Morgan fingerprint density at radius 3 is 2.41 bits per heavy atom. The van der Waals surface area contributed by atoms with Crippen LogP contribution < -0.4 is 5.73 Å². The highest BCUT2D eigenvalue weighted by Gasteiger charge is 2.41. The van der Waals surface area contributed by atoms with Crippen LogP contribution in [0, 0.1) is 0 Å². The van der Waals surface area contributed by atoms with Crippen molar-refractivity contribution in [2.75, 3.05) is 18.8 Å². The molecule has 1 aliphatic heterocycles. The summed E-state index contributed by atoms with van der Waals surface area (Å²) in [5.41, 5.74) is 7.45. The second kappa shape index (κ2) is 5.86. The Morgan fingerprint density at radius 1 is 0.955 bits per heavy atom. The Hall–Kier alpha value is -1.06. The molecule has 2 fully saturated rings. The molecule has 0 spiro atoms. The van der Waals surface area contributed by atoms with E-state index in [9.17, 15) is 0 Å². The van der Waals surface area contributed by atoms with Gasteiger partial charge in [-0.25, -0.2) is 0 Å². The van der Waals surface area contributed by atoms with E-state index in [4.69, 9.17) is 5.73 Å². The highest BCUT2D eigenvalue weighted by Crippen LogP contribution is 2.47. The van der Waals surface area contributed by atoms with Crippen molar-refractivity contribution in [2.24, 2.45) is 0 Å². The monoisotopic (exact) mass is 314 g/mol. The molecule has 2 N–H and O–H groups in total. The molecule has 1 saturated heterocycles. The van der Waals surface area contributed by atoms with Crippen LogP contribution in [0.25, 0.3) is 10.1 Å². The Bertz CT molecular complexity index is 648. The van der Waals surface area contributed by atoms with Gasteiger partial charge in [0.1, 0.15) is 0 Å². The molecule has 0 bridgehead atoms. The van der Waals surface area contributed by atoms with E-state index in [0.717, 1.165) is 5.69 Å². The smallest absolute Gasteiger partial charge is 0.0554 e. The number of likely N-dealkylation sites (tertiary alicyclic amines) is 1. The summed E-state index contributed by atoms with van der Waals surface area (Å²) >= 11 is 1.99. The van der Waals surface area contributed by atoms with E-state index in [-0.39, 0.29) is 0 Å². The largest absolute Gasteiger partial charge is 0.398 e. The molecule has 2 nitrogen and oxygen atoms in total. The zero-order chi connectivity index (χ0) is 15.0. The molecule has 22 heavy (non-hydrogen) atoms. The van der Waals surface area contributed by atoms with E-state index >= 15 is 0 Å². The molecule has 2 aliphatic rings. The molecule has 2 aromatic rings. The number of hydrogen-bond acceptors (Lipinski definition) is 3. The topological polar surface area (TPSA) is 29.3 Å². The van der Waals surface area contributed by atoms with Gasteiger partial charge in [-0.15, -0.1) is 11.3 Å². The van der Waals surface area contributed by atoms with E-state index < -0.39 is 0 Å². The minimum Gasteiger partial charge on any atom is -0.398 e. The molecule has 0 atom stereocenters. The number of rotatable bonds is 2. The van der Waals surface area contributed by atoms with Gasteiger partial charge in [0.25, 0.3) is 0 Å². The van der Waals surface area contributed by atoms with E-state index in [1.807, 2.05) is 17.4 Å². The minimum absolute atomic E-state index is 0.300. The molecule has 0 unspecified atom stereocenters. The number of anilines is 1. The lowest BCUT2D eigenvalue weighted by Gasteiger charge is -2.48. The lowest BCUT2D eigenvalue weighted by atomic mass is 9.78. The number of piperidine rings is 1. The zero-order valence-corrected chi connectivity index (χ0v) is 14.1. The van der Waals surface area contributed by atoms with Crippen LogP contribution in [0.3, 0.4) is 0 Å². The van der Waals surface area contributed by atoms with Crippen LogP contribution in [0.2, 0.25) is 0 Å². The SMILES string of the molecule is Nc1cccc2sc(C3(N4CCCCC4)CCCCC3)cc12. The van der Waals surface area contributed by atoms with Crippen LogP contribution in [0.5, 0.6) is 0 Å². The van der Waals surface area contributed by atoms with Gasteiger partial charge in [0.2, 0.25) is 0 Å². The van der Waals surface area contributed by atoms with Gasteiger partial charge in [-0.1, -0.05) is 31.7 Å². The fraction of sp³-hybridized carbons (Fsp3) is 0.579. The quantitative estimate of drug-likeness (QED) is 0.779. The van der Waals surface area contributed by atoms with Crippen LogP contribution in [0.15, 0.2) is 24.3 Å². The third-order valence-corrected chi connectivity index (χ3v) is 6.99. The highest BCUT2D eigenvalue weighted by molar-refractivity contribution is 7.19. The summed E-state index contributed by atoms with van der Waals surface area (Å²) < 4.78 is 1.36. The molecule has 1 aromatic heterocycles. The van der Waals surface area contributed by atoms with E-state index in [1.165, 1.54) is 74.5 Å². The van der Waals surface area contributed by atoms with Crippen LogP contribution in [-0.4, -0.2) is 18.0 Å². The molecule has 0 radical (unpaired) electrons. The van der Waals surface area contributed by atoms with Crippen molar-refractivity contribution in [3.63, 3.8) is 0 Å². The predicted molar refractivity (Wildman–Crippen MR) is 96.4 cm³/mol. The van der Waals surface area contributed by atoms with Crippen LogP contribution >= 0.6 is 11.3 Å². The van der Waals surface area contributed by atoms with Crippen molar-refractivity contribution < 1.29 is 0 Å². The number of hydrogen-bond donors (Lipinski definition) is 1. The lowest BCUT2D eigenvalue weighted by Crippen LogP contribution is -2.49. The number of thiophene rings is 1. The first-order valence-corrected chi connectivity index (χ1v) is 9.65. The number of fused-ring (bicyclic) bond motifs is 1. The van der Waals surface area contributed by atoms with Gasteiger partial charge in [0, 0.05) is 20.7 Å². The summed E-state index contributed by atoms with van der Waals surface area (Å²) in [5.74, 6) is 0. The van der Waals surface area contributed by atoms with Gasteiger partial charge < -0.3 is 5.73 Å². The average molecular weight is 314 g/mol. The maximum absolute atomic E-state index is 6.21. The van der Waals surface area contributed by atoms with Gasteiger partial charge in [-0.2, -0.15) is 0 Å². The van der Waals surface area contributed by atoms with Crippen LogP contribution in [0.4, 0.5) is 5.69 Å². The molecular weight excluding hydrogens is 288 g/mol. The van der Waals surface area contributed by atoms with Gasteiger partial charge in [-0.3, -0.25) is 4.90 Å².